The average molecular weight is 363 g/mol. The summed E-state index contributed by atoms with van der Waals surface area (Å²) in [5, 5.41) is 0. The highest BCUT2D eigenvalue weighted by Gasteiger charge is 2.27. The number of hydrogen-bond acceptors (Lipinski definition) is 3. The van der Waals surface area contributed by atoms with Gasteiger partial charge in [0.1, 0.15) is 11.6 Å². The summed E-state index contributed by atoms with van der Waals surface area (Å²) in [6, 6.07) is 7.71. The van der Waals surface area contributed by atoms with Crippen LogP contribution in [0.15, 0.2) is 36.4 Å². The zero-order valence-corrected chi connectivity index (χ0v) is 14.5. The Bertz CT molecular complexity index is 810. The maximum Gasteiger partial charge on any atom is 0.167 e. The third-order valence-electron chi connectivity index (χ3n) is 4.72. The largest absolute Gasteiger partial charge is 0.494 e. The molecule has 0 bridgehead atoms. The fourth-order valence-electron chi connectivity index (χ4n) is 3.36. The lowest BCUT2D eigenvalue weighted by Gasteiger charge is -2.32. The van der Waals surface area contributed by atoms with Crippen molar-refractivity contribution < 1.29 is 22.7 Å². The van der Waals surface area contributed by atoms with E-state index in [1.54, 1.807) is 6.07 Å². The molecule has 6 heteroatoms. The molecular weight excluding hydrogens is 343 g/mol. The van der Waals surface area contributed by atoms with Gasteiger partial charge in [0.2, 0.25) is 0 Å². The number of carbonyl (C=O) groups is 1. The highest BCUT2D eigenvalue weighted by Crippen LogP contribution is 2.25. The van der Waals surface area contributed by atoms with E-state index in [1.807, 2.05) is 4.90 Å². The van der Waals surface area contributed by atoms with Gasteiger partial charge in [0.25, 0.3) is 0 Å². The zero-order valence-electron chi connectivity index (χ0n) is 14.5. The van der Waals surface area contributed by atoms with E-state index in [1.165, 1.54) is 31.4 Å². The minimum atomic E-state index is -0.612. The Kier molecular flexibility index (Phi) is 5.61. The molecule has 26 heavy (non-hydrogen) atoms. The zero-order chi connectivity index (χ0) is 18.7. The molecule has 0 N–H and O–H groups in total. The van der Waals surface area contributed by atoms with Gasteiger partial charge in [-0.25, -0.2) is 13.2 Å². The van der Waals surface area contributed by atoms with E-state index in [-0.39, 0.29) is 17.5 Å². The normalized spacial score (nSPS) is 17.9. The van der Waals surface area contributed by atoms with Gasteiger partial charge < -0.3 is 4.74 Å². The van der Waals surface area contributed by atoms with Gasteiger partial charge in [0, 0.05) is 36.2 Å². The van der Waals surface area contributed by atoms with Crippen LogP contribution in [-0.2, 0) is 6.54 Å². The second kappa shape index (κ2) is 7.91. The van der Waals surface area contributed by atoms with Crippen molar-refractivity contribution >= 4 is 5.78 Å². The summed E-state index contributed by atoms with van der Waals surface area (Å²) in [6.07, 6.45) is 1.49. The molecule has 0 radical (unpaired) electrons. The molecule has 1 fully saturated rings. The lowest BCUT2D eigenvalue weighted by Crippen LogP contribution is -2.38. The molecule has 1 aliphatic rings. The third-order valence-corrected chi connectivity index (χ3v) is 4.72. The maximum atomic E-state index is 13.9. The molecule has 2 aromatic carbocycles. The van der Waals surface area contributed by atoms with Crippen molar-refractivity contribution in [2.45, 2.75) is 19.4 Å². The van der Waals surface area contributed by atoms with Crippen LogP contribution in [0.4, 0.5) is 13.2 Å². The molecule has 0 aliphatic carbocycles. The van der Waals surface area contributed by atoms with Crippen LogP contribution in [0.3, 0.4) is 0 Å². The van der Waals surface area contributed by atoms with Crippen LogP contribution in [-0.4, -0.2) is 30.9 Å². The Morgan fingerprint density at radius 2 is 1.96 bits per heavy atom. The molecule has 1 aliphatic heterocycles. The monoisotopic (exact) mass is 363 g/mol. The van der Waals surface area contributed by atoms with E-state index in [4.69, 9.17) is 4.74 Å². The number of methoxy groups -OCH3 is 1. The van der Waals surface area contributed by atoms with Crippen LogP contribution in [0.1, 0.15) is 28.8 Å². The number of piperidine rings is 1. The highest BCUT2D eigenvalue weighted by molar-refractivity contribution is 5.98. The van der Waals surface area contributed by atoms with Gasteiger partial charge in [-0.05, 0) is 43.7 Å². The second-order valence-corrected chi connectivity index (χ2v) is 6.52. The van der Waals surface area contributed by atoms with Crippen molar-refractivity contribution in [2.24, 2.45) is 5.92 Å². The fourth-order valence-corrected chi connectivity index (χ4v) is 3.36. The second-order valence-electron chi connectivity index (χ2n) is 6.52. The van der Waals surface area contributed by atoms with Crippen LogP contribution in [0.25, 0.3) is 0 Å². The van der Waals surface area contributed by atoms with Crippen LogP contribution in [0.5, 0.6) is 5.75 Å². The average Bonchev–Trinajstić information content (AvgIpc) is 2.63. The number of rotatable bonds is 5. The van der Waals surface area contributed by atoms with Crippen LogP contribution < -0.4 is 4.74 Å². The molecule has 1 saturated heterocycles. The van der Waals surface area contributed by atoms with Crippen molar-refractivity contribution in [3.05, 3.63) is 65.0 Å². The number of carbonyl (C=O) groups excluding carboxylic acids is 1. The summed E-state index contributed by atoms with van der Waals surface area (Å²) < 4.78 is 45.6. The number of halogens is 3. The Morgan fingerprint density at radius 3 is 2.65 bits per heavy atom. The van der Waals surface area contributed by atoms with Crippen molar-refractivity contribution in [3.8, 4) is 5.75 Å². The van der Waals surface area contributed by atoms with Crippen molar-refractivity contribution in [2.75, 3.05) is 20.2 Å². The van der Waals surface area contributed by atoms with Gasteiger partial charge in [0.05, 0.1) is 7.11 Å². The lowest BCUT2D eigenvalue weighted by atomic mass is 9.89. The number of ketones is 1. The molecule has 3 rings (SSSR count). The topological polar surface area (TPSA) is 29.5 Å². The smallest absolute Gasteiger partial charge is 0.167 e. The van der Waals surface area contributed by atoms with Crippen molar-refractivity contribution in [1.29, 1.82) is 0 Å². The highest BCUT2D eigenvalue weighted by atomic mass is 19.1. The molecular formula is C20H20F3NO2. The van der Waals surface area contributed by atoms with Gasteiger partial charge in [-0.2, -0.15) is 0 Å². The van der Waals surface area contributed by atoms with E-state index in [0.29, 0.717) is 30.6 Å². The maximum absolute atomic E-state index is 13.9. The Morgan fingerprint density at radius 1 is 1.15 bits per heavy atom. The molecule has 138 valence electrons. The van der Waals surface area contributed by atoms with Gasteiger partial charge in [-0.3, -0.25) is 9.69 Å². The Balaban J connectivity index is 1.69. The van der Waals surface area contributed by atoms with E-state index >= 15 is 0 Å². The quantitative estimate of drug-likeness (QED) is 0.746. The van der Waals surface area contributed by atoms with Crippen LogP contribution in [0.2, 0.25) is 0 Å². The summed E-state index contributed by atoms with van der Waals surface area (Å²) in [7, 11) is 1.37. The molecule has 0 unspecified atom stereocenters. The van der Waals surface area contributed by atoms with Crippen LogP contribution >= 0.6 is 0 Å². The molecule has 0 spiro atoms. The first kappa shape index (κ1) is 18.5. The van der Waals surface area contributed by atoms with Crippen molar-refractivity contribution in [3.63, 3.8) is 0 Å². The number of Topliss-reactive ketones (excluding diaryl/α,β-unsaturated/α-hetero) is 1. The summed E-state index contributed by atoms with van der Waals surface area (Å²) in [5.41, 5.74) is 0.707. The van der Waals surface area contributed by atoms with E-state index in [2.05, 4.69) is 0 Å². The molecule has 1 heterocycles. The number of benzene rings is 2. The van der Waals surface area contributed by atoms with E-state index in [9.17, 15) is 18.0 Å². The summed E-state index contributed by atoms with van der Waals surface area (Å²) in [6.45, 7) is 1.51. The Hall–Kier alpha value is -2.34. The van der Waals surface area contributed by atoms with Gasteiger partial charge >= 0.3 is 0 Å². The molecule has 0 amide bonds. The predicted octanol–water partition coefficient (Wildman–Crippen LogP) is 4.21. The molecule has 0 aromatic heterocycles. The SMILES string of the molecule is COc1ccc(C(=O)[C@H]2CCCN(Cc3ccc(F)cc3F)C2)cc1F. The predicted molar refractivity (Wildman–Crippen MR) is 91.6 cm³/mol. The molecule has 1 atom stereocenters. The minimum Gasteiger partial charge on any atom is -0.494 e. The molecule has 3 nitrogen and oxygen atoms in total. The molecule has 0 saturated carbocycles. The number of likely N-dealkylation sites (tertiary alicyclic amines) is 1. The van der Waals surface area contributed by atoms with E-state index < -0.39 is 17.5 Å². The fraction of sp³-hybridized carbons (Fsp3) is 0.350. The number of nitrogens with zero attached hydrogens (tertiary/aromatic N) is 1. The van der Waals surface area contributed by atoms with Crippen LogP contribution in [0, 0.1) is 23.4 Å². The summed E-state index contributed by atoms with van der Waals surface area (Å²) in [4.78, 5) is 14.7. The molecule has 2 aromatic rings. The summed E-state index contributed by atoms with van der Waals surface area (Å²) in [5.74, 6) is -2.08. The first-order valence-corrected chi connectivity index (χ1v) is 8.52. The van der Waals surface area contributed by atoms with Crippen molar-refractivity contribution in [1.82, 2.24) is 4.90 Å². The Labute approximate surface area is 150 Å². The summed E-state index contributed by atoms with van der Waals surface area (Å²) >= 11 is 0. The van der Waals surface area contributed by atoms with Gasteiger partial charge in [-0.1, -0.05) is 6.07 Å². The van der Waals surface area contributed by atoms with Gasteiger partial charge in [-0.15, -0.1) is 0 Å². The number of hydrogen-bond donors (Lipinski definition) is 0. The first-order chi connectivity index (χ1) is 12.5. The van der Waals surface area contributed by atoms with Gasteiger partial charge in [0.15, 0.2) is 17.3 Å². The minimum absolute atomic E-state index is 0.0959. The first-order valence-electron chi connectivity index (χ1n) is 8.52. The van der Waals surface area contributed by atoms with E-state index in [0.717, 1.165) is 19.0 Å². The standard InChI is InChI=1S/C20H20F3NO2/c1-26-19-7-5-13(9-18(19)23)20(25)15-3-2-8-24(12-15)11-14-4-6-16(21)10-17(14)22/h4-7,9-10,15H,2-3,8,11-12H2,1H3/t15-/m0/s1. The third kappa shape index (κ3) is 4.07. The number of ether oxygens (including phenoxy) is 1. The lowest BCUT2D eigenvalue weighted by molar-refractivity contribution is 0.0810.